The molecule has 2 heterocycles. The minimum absolute atomic E-state index is 0.000639. The molecule has 0 radical (unpaired) electrons. The van der Waals surface area contributed by atoms with Gasteiger partial charge in [0.25, 0.3) is 5.91 Å². The number of thioether (sulfide) groups is 2. The summed E-state index contributed by atoms with van der Waals surface area (Å²) >= 11 is 3.10. The van der Waals surface area contributed by atoms with Crippen molar-refractivity contribution in [3.63, 3.8) is 0 Å². The zero-order valence-corrected chi connectivity index (χ0v) is 18.0. The number of amidine groups is 1. The van der Waals surface area contributed by atoms with Crippen LogP contribution in [0, 0.1) is 0 Å². The van der Waals surface area contributed by atoms with E-state index in [4.69, 9.17) is 4.99 Å². The molecule has 5 rings (SSSR count). The summed E-state index contributed by atoms with van der Waals surface area (Å²) in [5, 5.41) is 1.67. The SMILES string of the molecule is CN1C(=C2SC(=Nc3ccccc3)N(Cc3ccccc3)C2=O)Sc2ccccc21. The Balaban J connectivity index is 1.55. The average Bonchev–Trinajstić information content (AvgIpc) is 3.27. The highest BCUT2D eigenvalue weighted by molar-refractivity contribution is 8.19. The van der Waals surface area contributed by atoms with Crippen molar-refractivity contribution in [3.8, 4) is 0 Å². The predicted molar refractivity (Wildman–Crippen MR) is 126 cm³/mol. The van der Waals surface area contributed by atoms with Crippen LogP contribution in [-0.4, -0.2) is 23.0 Å². The van der Waals surface area contributed by atoms with E-state index in [-0.39, 0.29) is 5.91 Å². The van der Waals surface area contributed by atoms with Gasteiger partial charge in [-0.15, -0.1) is 0 Å². The third kappa shape index (κ3) is 3.53. The zero-order chi connectivity index (χ0) is 20.5. The van der Waals surface area contributed by atoms with E-state index in [0.29, 0.717) is 11.7 Å². The Hall–Kier alpha value is -2.96. The van der Waals surface area contributed by atoms with Crippen molar-refractivity contribution in [2.75, 3.05) is 11.9 Å². The fourth-order valence-electron chi connectivity index (χ4n) is 3.44. The summed E-state index contributed by atoms with van der Waals surface area (Å²) in [4.78, 5) is 24.1. The van der Waals surface area contributed by atoms with E-state index in [1.807, 2.05) is 79.8 Å². The molecule has 1 saturated heterocycles. The minimum atomic E-state index is 0.000639. The molecule has 1 fully saturated rings. The van der Waals surface area contributed by atoms with Crippen LogP contribution in [0.3, 0.4) is 0 Å². The molecule has 4 nitrogen and oxygen atoms in total. The topological polar surface area (TPSA) is 35.9 Å². The number of carbonyl (C=O) groups is 1. The molecule has 3 aromatic rings. The quantitative estimate of drug-likeness (QED) is 0.489. The molecular formula is C24H19N3OS2. The normalized spacial score (nSPS) is 19.6. The summed E-state index contributed by atoms with van der Waals surface area (Å²) in [6.45, 7) is 0.496. The molecule has 0 atom stereocenters. The molecule has 0 aromatic heterocycles. The molecule has 0 aliphatic carbocycles. The summed E-state index contributed by atoms with van der Waals surface area (Å²) in [5.41, 5.74) is 3.04. The maximum atomic E-state index is 13.5. The maximum absolute atomic E-state index is 13.5. The van der Waals surface area contributed by atoms with Gasteiger partial charge in [0.05, 0.1) is 22.9 Å². The Kier molecular flexibility index (Phi) is 5.11. The number of hydrogen-bond donors (Lipinski definition) is 0. The second-order valence-electron chi connectivity index (χ2n) is 6.97. The Morgan fingerprint density at radius 1 is 0.833 bits per heavy atom. The zero-order valence-electron chi connectivity index (χ0n) is 16.4. The van der Waals surface area contributed by atoms with Gasteiger partial charge in [-0.1, -0.05) is 72.4 Å². The largest absolute Gasteiger partial charge is 0.337 e. The lowest BCUT2D eigenvalue weighted by molar-refractivity contribution is -0.122. The van der Waals surface area contributed by atoms with E-state index in [9.17, 15) is 4.79 Å². The number of hydrogen-bond acceptors (Lipinski definition) is 5. The van der Waals surface area contributed by atoms with Gasteiger partial charge in [0.15, 0.2) is 5.17 Å². The van der Waals surface area contributed by atoms with Gasteiger partial charge in [-0.3, -0.25) is 9.69 Å². The van der Waals surface area contributed by atoms with Gasteiger partial charge in [0.2, 0.25) is 0 Å². The monoisotopic (exact) mass is 429 g/mol. The molecule has 0 saturated carbocycles. The molecule has 0 unspecified atom stereocenters. The highest BCUT2D eigenvalue weighted by Gasteiger charge is 2.39. The Morgan fingerprint density at radius 2 is 1.50 bits per heavy atom. The van der Waals surface area contributed by atoms with Crippen molar-refractivity contribution in [1.29, 1.82) is 0 Å². The number of benzene rings is 3. The van der Waals surface area contributed by atoms with Crippen LogP contribution in [0.4, 0.5) is 11.4 Å². The van der Waals surface area contributed by atoms with Crippen molar-refractivity contribution in [2.24, 2.45) is 4.99 Å². The van der Waals surface area contributed by atoms with Crippen molar-refractivity contribution in [2.45, 2.75) is 11.4 Å². The van der Waals surface area contributed by atoms with Crippen LogP contribution < -0.4 is 4.90 Å². The third-order valence-electron chi connectivity index (χ3n) is 4.96. The average molecular weight is 430 g/mol. The summed E-state index contributed by atoms with van der Waals surface area (Å²) in [6, 6.07) is 28.1. The first kappa shape index (κ1) is 19.0. The highest BCUT2D eigenvalue weighted by atomic mass is 32.2. The lowest BCUT2D eigenvalue weighted by Gasteiger charge is -2.16. The van der Waals surface area contributed by atoms with E-state index in [1.165, 1.54) is 16.7 Å². The highest BCUT2D eigenvalue weighted by Crippen LogP contribution is 2.50. The first-order valence-corrected chi connectivity index (χ1v) is 11.3. The number of rotatable bonds is 3. The van der Waals surface area contributed by atoms with E-state index in [0.717, 1.165) is 26.9 Å². The summed E-state index contributed by atoms with van der Waals surface area (Å²) < 4.78 is 0. The number of carbonyl (C=O) groups excluding carboxylic acids is 1. The Bertz CT molecular complexity index is 1160. The molecular weight excluding hydrogens is 410 g/mol. The summed E-state index contributed by atoms with van der Waals surface area (Å²) in [7, 11) is 2.02. The molecule has 2 aliphatic rings. The standard InChI is InChI=1S/C24H19N3OS2/c1-26-19-14-8-9-15-20(19)29-23(26)21-22(28)27(16-17-10-4-2-5-11-17)24(30-21)25-18-12-6-3-7-13-18/h2-15H,16H2,1H3. The van der Waals surface area contributed by atoms with Crippen molar-refractivity contribution >= 4 is 46.0 Å². The smallest absolute Gasteiger partial charge is 0.269 e. The maximum Gasteiger partial charge on any atom is 0.269 e. The van der Waals surface area contributed by atoms with Crippen LogP contribution in [-0.2, 0) is 11.3 Å². The summed E-state index contributed by atoms with van der Waals surface area (Å²) in [6.07, 6.45) is 0. The lowest BCUT2D eigenvalue weighted by Crippen LogP contribution is -2.29. The molecule has 0 spiro atoms. The first-order valence-electron chi connectivity index (χ1n) is 9.63. The summed E-state index contributed by atoms with van der Waals surface area (Å²) in [5.74, 6) is 0.000639. The molecule has 3 aromatic carbocycles. The van der Waals surface area contributed by atoms with Crippen molar-refractivity contribution in [1.82, 2.24) is 4.90 Å². The molecule has 1 amide bonds. The fraction of sp³-hybridized carbons (Fsp3) is 0.0833. The second kappa shape index (κ2) is 8.05. The van der Waals surface area contributed by atoms with Gasteiger partial charge < -0.3 is 4.90 Å². The third-order valence-corrected chi connectivity index (χ3v) is 7.39. The molecule has 6 heteroatoms. The van der Waals surface area contributed by atoms with Gasteiger partial charge >= 0.3 is 0 Å². The van der Waals surface area contributed by atoms with Crippen LogP contribution in [0.15, 0.2) is 105 Å². The van der Waals surface area contributed by atoms with Gasteiger partial charge in [-0.25, -0.2) is 4.99 Å². The van der Waals surface area contributed by atoms with Crippen molar-refractivity contribution in [3.05, 3.63) is 100 Å². The van der Waals surface area contributed by atoms with Gasteiger partial charge in [-0.2, -0.15) is 0 Å². The second-order valence-corrected chi connectivity index (χ2v) is 8.98. The fourth-order valence-corrected chi connectivity index (χ4v) is 5.78. The van der Waals surface area contributed by atoms with Gasteiger partial charge in [0.1, 0.15) is 4.91 Å². The Labute approximate surface area is 184 Å². The molecule has 0 N–H and O–H groups in total. The van der Waals surface area contributed by atoms with E-state index >= 15 is 0 Å². The van der Waals surface area contributed by atoms with Gasteiger partial charge in [0, 0.05) is 11.9 Å². The number of amides is 1. The van der Waals surface area contributed by atoms with Crippen LogP contribution in [0.2, 0.25) is 0 Å². The number of anilines is 1. The number of para-hydroxylation sites is 2. The molecule has 0 bridgehead atoms. The van der Waals surface area contributed by atoms with E-state index < -0.39 is 0 Å². The molecule has 148 valence electrons. The number of fused-ring (bicyclic) bond motifs is 1. The van der Waals surface area contributed by atoms with Crippen LogP contribution in [0.1, 0.15) is 5.56 Å². The first-order chi connectivity index (χ1) is 14.7. The number of nitrogens with zero attached hydrogens (tertiary/aromatic N) is 3. The van der Waals surface area contributed by atoms with Crippen molar-refractivity contribution < 1.29 is 4.79 Å². The predicted octanol–water partition coefficient (Wildman–Crippen LogP) is 5.86. The number of aliphatic imine (C=N–C) groups is 1. The van der Waals surface area contributed by atoms with Crippen LogP contribution >= 0.6 is 23.5 Å². The molecule has 30 heavy (non-hydrogen) atoms. The van der Waals surface area contributed by atoms with Crippen LogP contribution in [0.25, 0.3) is 0 Å². The van der Waals surface area contributed by atoms with E-state index in [2.05, 4.69) is 17.0 Å². The van der Waals surface area contributed by atoms with Gasteiger partial charge in [-0.05, 0) is 41.6 Å². The van der Waals surface area contributed by atoms with E-state index in [1.54, 1.807) is 16.7 Å². The molecule has 2 aliphatic heterocycles. The lowest BCUT2D eigenvalue weighted by atomic mass is 10.2. The minimum Gasteiger partial charge on any atom is -0.337 e. The Morgan fingerprint density at radius 3 is 2.23 bits per heavy atom. The van der Waals surface area contributed by atoms with Crippen LogP contribution in [0.5, 0.6) is 0 Å².